The Labute approximate surface area is 165 Å². The van der Waals surface area contributed by atoms with Gasteiger partial charge in [0.15, 0.2) is 0 Å². The van der Waals surface area contributed by atoms with Crippen molar-refractivity contribution in [2.75, 3.05) is 24.3 Å². The predicted octanol–water partition coefficient (Wildman–Crippen LogP) is 3.28. The molecule has 0 saturated heterocycles. The van der Waals surface area contributed by atoms with Crippen molar-refractivity contribution in [3.63, 3.8) is 0 Å². The van der Waals surface area contributed by atoms with Crippen molar-refractivity contribution >= 4 is 17.3 Å². The molecule has 6 nitrogen and oxygen atoms in total. The van der Waals surface area contributed by atoms with Crippen LogP contribution in [0.3, 0.4) is 0 Å². The number of aliphatic hydroxyl groups excluding tert-OH is 2. The van der Waals surface area contributed by atoms with Gasteiger partial charge in [0, 0.05) is 0 Å². The maximum absolute atomic E-state index is 11.9. The van der Waals surface area contributed by atoms with Crippen LogP contribution in [0.4, 0.5) is 11.4 Å². The van der Waals surface area contributed by atoms with E-state index in [4.69, 9.17) is 15.6 Å². The Hall–Kier alpha value is -2.83. The molecular weight excluding hydrogens is 356 g/mol. The Morgan fingerprint density at radius 1 is 1.21 bits per heavy atom. The maximum Gasteiger partial charge on any atom is 0.248 e. The van der Waals surface area contributed by atoms with E-state index < -0.39 is 6.10 Å². The first kappa shape index (κ1) is 21.5. The van der Waals surface area contributed by atoms with Gasteiger partial charge in [-0.15, -0.1) is 0 Å². The average molecular weight is 384 g/mol. The van der Waals surface area contributed by atoms with Crippen LogP contribution in [0, 0.1) is 5.92 Å². The number of nitrogens with two attached hydrogens (primary N) is 1. The molecule has 0 saturated carbocycles. The van der Waals surface area contributed by atoms with Crippen molar-refractivity contribution in [2.24, 2.45) is 5.92 Å². The molecule has 2 aromatic carbocycles. The number of anilines is 2. The van der Waals surface area contributed by atoms with Crippen molar-refractivity contribution in [2.45, 2.75) is 25.9 Å². The van der Waals surface area contributed by atoms with Gasteiger partial charge in [-0.3, -0.25) is 4.79 Å². The molecular formula is C22H28N2O4. The molecule has 2 rings (SSSR count). The van der Waals surface area contributed by atoms with Crippen LogP contribution in [0.2, 0.25) is 0 Å². The summed E-state index contributed by atoms with van der Waals surface area (Å²) in [6, 6.07) is 14.3. The number of nitrogen functional groups attached to an aromatic ring is 1. The standard InChI is InChI=1S/C22H28N2O4/c1-16(22(27)17-10-12-18(13-11-17)28-15-14-25)6-2-5-9-21(26)24-20-8-4-3-7-19(20)23/h3-5,7-13,16,22,25,27H,2,6,14-15,23H2,1H3,(H,24,26)/b9-5+/t16-,22+/m0/s1. The molecule has 0 fully saturated rings. The Balaban J connectivity index is 1.77. The van der Waals surface area contributed by atoms with Gasteiger partial charge in [0.25, 0.3) is 0 Å². The second-order valence-electron chi connectivity index (χ2n) is 6.62. The highest BCUT2D eigenvalue weighted by atomic mass is 16.5. The minimum Gasteiger partial charge on any atom is -0.491 e. The molecule has 5 N–H and O–H groups in total. The van der Waals surface area contributed by atoms with E-state index in [9.17, 15) is 9.90 Å². The van der Waals surface area contributed by atoms with E-state index in [1.54, 1.807) is 30.3 Å². The quantitative estimate of drug-likeness (QED) is 0.372. The van der Waals surface area contributed by atoms with Crippen molar-refractivity contribution in [3.05, 3.63) is 66.2 Å². The maximum atomic E-state index is 11.9. The van der Waals surface area contributed by atoms with Crippen LogP contribution in [-0.4, -0.2) is 29.3 Å². The third-order valence-electron chi connectivity index (χ3n) is 4.40. The molecule has 0 radical (unpaired) electrons. The summed E-state index contributed by atoms with van der Waals surface area (Å²) in [5.41, 5.74) is 7.72. The van der Waals surface area contributed by atoms with E-state index in [-0.39, 0.29) is 25.0 Å². The Morgan fingerprint density at radius 3 is 2.61 bits per heavy atom. The third-order valence-corrected chi connectivity index (χ3v) is 4.40. The van der Waals surface area contributed by atoms with Crippen LogP contribution >= 0.6 is 0 Å². The normalized spacial score (nSPS) is 13.2. The number of rotatable bonds is 10. The zero-order chi connectivity index (χ0) is 20.4. The highest BCUT2D eigenvalue weighted by molar-refractivity contribution is 6.01. The highest BCUT2D eigenvalue weighted by Gasteiger charge is 2.15. The van der Waals surface area contributed by atoms with Crippen LogP contribution in [0.15, 0.2) is 60.7 Å². The number of allylic oxidation sites excluding steroid dienone is 1. The summed E-state index contributed by atoms with van der Waals surface area (Å²) in [7, 11) is 0. The van der Waals surface area contributed by atoms with Crippen LogP contribution in [-0.2, 0) is 4.79 Å². The average Bonchev–Trinajstić information content (AvgIpc) is 2.71. The topological polar surface area (TPSA) is 105 Å². The summed E-state index contributed by atoms with van der Waals surface area (Å²) in [5, 5.41) is 22.0. The monoisotopic (exact) mass is 384 g/mol. The largest absolute Gasteiger partial charge is 0.491 e. The van der Waals surface area contributed by atoms with Gasteiger partial charge < -0.3 is 26.0 Å². The number of ether oxygens (including phenoxy) is 1. The van der Waals surface area contributed by atoms with Crippen molar-refractivity contribution in [1.29, 1.82) is 0 Å². The summed E-state index contributed by atoms with van der Waals surface area (Å²) in [5.74, 6) is 0.455. The van der Waals surface area contributed by atoms with E-state index in [0.29, 0.717) is 23.5 Å². The van der Waals surface area contributed by atoms with E-state index >= 15 is 0 Å². The number of aliphatic hydroxyl groups is 2. The van der Waals surface area contributed by atoms with E-state index in [0.717, 1.165) is 12.0 Å². The Kier molecular flexibility index (Phi) is 8.52. The number of carbonyl (C=O) groups excluding carboxylic acids is 1. The first-order valence-electron chi connectivity index (χ1n) is 9.35. The molecule has 1 amide bonds. The number of hydrogen-bond donors (Lipinski definition) is 4. The molecule has 0 aromatic heterocycles. The molecule has 0 heterocycles. The van der Waals surface area contributed by atoms with Crippen molar-refractivity contribution in [3.8, 4) is 5.75 Å². The molecule has 28 heavy (non-hydrogen) atoms. The highest BCUT2D eigenvalue weighted by Crippen LogP contribution is 2.27. The minimum absolute atomic E-state index is 0.0293. The summed E-state index contributed by atoms with van der Waals surface area (Å²) < 4.78 is 5.32. The van der Waals surface area contributed by atoms with E-state index in [2.05, 4.69) is 5.32 Å². The van der Waals surface area contributed by atoms with Crippen LogP contribution in [0.1, 0.15) is 31.4 Å². The second-order valence-corrected chi connectivity index (χ2v) is 6.62. The van der Waals surface area contributed by atoms with Crippen molar-refractivity contribution in [1.82, 2.24) is 0 Å². The van der Waals surface area contributed by atoms with Crippen LogP contribution < -0.4 is 15.8 Å². The molecule has 6 heteroatoms. The lowest BCUT2D eigenvalue weighted by Crippen LogP contribution is -2.10. The number of carbonyl (C=O) groups is 1. The van der Waals surface area contributed by atoms with Gasteiger partial charge in [-0.1, -0.05) is 37.3 Å². The lowest BCUT2D eigenvalue weighted by molar-refractivity contribution is -0.111. The number of benzene rings is 2. The number of hydrogen-bond acceptors (Lipinski definition) is 5. The Bertz CT molecular complexity index is 774. The van der Waals surface area contributed by atoms with Gasteiger partial charge in [0.1, 0.15) is 12.4 Å². The van der Waals surface area contributed by atoms with Gasteiger partial charge in [0.2, 0.25) is 5.91 Å². The molecule has 0 bridgehead atoms. The summed E-state index contributed by atoms with van der Waals surface area (Å²) in [6.45, 7) is 2.18. The summed E-state index contributed by atoms with van der Waals surface area (Å²) >= 11 is 0. The number of amides is 1. The molecule has 2 aromatic rings. The number of nitrogens with one attached hydrogen (secondary N) is 1. The lowest BCUT2D eigenvalue weighted by Gasteiger charge is -2.19. The smallest absolute Gasteiger partial charge is 0.248 e. The SMILES string of the molecule is C[C@@H](CC/C=C/C(=O)Nc1ccccc1N)[C@@H](O)c1ccc(OCCO)cc1. The molecule has 0 aliphatic carbocycles. The zero-order valence-electron chi connectivity index (χ0n) is 16.0. The lowest BCUT2D eigenvalue weighted by atomic mass is 9.93. The van der Waals surface area contributed by atoms with Crippen molar-refractivity contribution < 1.29 is 19.7 Å². The minimum atomic E-state index is -0.599. The van der Waals surface area contributed by atoms with Gasteiger partial charge in [-0.05, 0) is 54.7 Å². The number of para-hydroxylation sites is 2. The summed E-state index contributed by atoms with van der Waals surface area (Å²) in [4.78, 5) is 11.9. The second kappa shape index (κ2) is 11.1. The van der Waals surface area contributed by atoms with Gasteiger partial charge in [0.05, 0.1) is 24.1 Å². The van der Waals surface area contributed by atoms with E-state index in [1.807, 2.05) is 31.2 Å². The van der Waals surface area contributed by atoms with Gasteiger partial charge in [-0.25, -0.2) is 0 Å². The molecule has 2 atom stereocenters. The van der Waals surface area contributed by atoms with Crippen LogP contribution in [0.5, 0.6) is 5.75 Å². The van der Waals surface area contributed by atoms with Gasteiger partial charge in [-0.2, -0.15) is 0 Å². The first-order valence-corrected chi connectivity index (χ1v) is 9.35. The molecule has 0 aliphatic rings. The fourth-order valence-electron chi connectivity index (χ4n) is 2.75. The van der Waals surface area contributed by atoms with Crippen LogP contribution in [0.25, 0.3) is 0 Å². The molecule has 0 spiro atoms. The fraction of sp³-hybridized carbons (Fsp3) is 0.318. The van der Waals surface area contributed by atoms with E-state index in [1.165, 1.54) is 6.08 Å². The third kappa shape index (κ3) is 6.72. The first-order chi connectivity index (χ1) is 13.5. The zero-order valence-corrected chi connectivity index (χ0v) is 16.0. The fourth-order valence-corrected chi connectivity index (χ4v) is 2.75. The molecule has 0 unspecified atom stereocenters. The predicted molar refractivity (Wildman–Crippen MR) is 111 cm³/mol. The van der Waals surface area contributed by atoms with Gasteiger partial charge >= 0.3 is 0 Å². The molecule has 150 valence electrons. The Morgan fingerprint density at radius 2 is 1.93 bits per heavy atom. The summed E-state index contributed by atoms with van der Waals surface area (Å²) in [6.07, 6.45) is 4.09. The molecule has 0 aliphatic heterocycles.